The molecule has 0 saturated heterocycles. The number of hydrogen-bond acceptors (Lipinski definition) is 4. The lowest BCUT2D eigenvalue weighted by Crippen LogP contribution is -2.22. The predicted octanol–water partition coefficient (Wildman–Crippen LogP) is 1.65. The van der Waals surface area contributed by atoms with Gasteiger partial charge in [-0.3, -0.25) is 9.48 Å². The average molecular weight is 271 g/mol. The fraction of sp³-hybridized carbons (Fsp3) is 0.200. The van der Waals surface area contributed by atoms with Crippen LogP contribution in [0, 0.1) is 0 Å². The van der Waals surface area contributed by atoms with Gasteiger partial charge in [-0.1, -0.05) is 11.6 Å². The number of halogens is 1. The van der Waals surface area contributed by atoms with Crippen LogP contribution >= 0.6 is 22.9 Å². The SMILES string of the molecule is Cn1ncc(CNC(=O)c2sccc2Cl)c1N. The molecule has 0 bridgehead atoms. The molecule has 5 nitrogen and oxygen atoms in total. The summed E-state index contributed by atoms with van der Waals surface area (Å²) >= 11 is 7.17. The van der Waals surface area contributed by atoms with Gasteiger partial charge in [0.15, 0.2) is 0 Å². The van der Waals surface area contributed by atoms with Crippen LogP contribution in [0.15, 0.2) is 17.6 Å². The minimum Gasteiger partial charge on any atom is -0.384 e. The molecule has 0 spiro atoms. The van der Waals surface area contributed by atoms with Crippen LogP contribution in [-0.2, 0) is 13.6 Å². The van der Waals surface area contributed by atoms with Crippen LogP contribution in [0.1, 0.15) is 15.2 Å². The first-order valence-electron chi connectivity index (χ1n) is 4.87. The van der Waals surface area contributed by atoms with E-state index in [1.54, 1.807) is 29.4 Å². The number of aromatic nitrogens is 2. The van der Waals surface area contributed by atoms with Crippen LogP contribution in [0.5, 0.6) is 0 Å². The number of rotatable bonds is 3. The molecule has 2 rings (SSSR count). The number of anilines is 1. The Morgan fingerprint density at radius 2 is 2.47 bits per heavy atom. The van der Waals surface area contributed by atoms with E-state index in [2.05, 4.69) is 10.4 Å². The Kier molecular flexibility index (Phi) is 3.35. The molecule has 0 aromatic carbocycles. The quantitative estimate of drug-likeness (QED) is 0.891. The number of carbonyl (C=O) groups excluding carboxylic acids is 1. The first-order valence-corrected chi connectivity index (χ1v) is 6.13. The van der Waals surface area contributed by atoms with E-state index in [1.807, 2.05) is 0 Å². The van der Waals surface area contributed by atoms with Gasteiger partial charge in [-0.05, 0) is 11.4 Å². The number of amides is 1. The largest absolute Gasteiger partial charge is 0.384 e. The molecule has 17 heavy (non-hydrogen) atoms. The molecule has 3 N–H and O–H groups in total. The zero-order valence-electron chi connectivity index (χ0n) is 9.11. The van der Waals surface area contributed by atoms with Gasteiger partial charge in [0, 0.05) is 19.2 Å². The number of carbonyl (C=O) groups is 1. The van der Waals surface area contributed by atoms with Crippen LogP contribution in [0.2, 0.25) is 5.02 Å². The number of nitrogen functional groups attached to an aromatic ring is 1. The normalized spacial score (nSPS) is 10.5. The van der Waals surface area contributed by atoms with Crippen LogP contribution in [0.4, 0.5) is 5.82 Å². The Labute approximate surface area is 107 Å². The maximum Gasteiger partial charge on any atom is 0.263 e. The van der Waals surface area contributed by atoms with Crippen molar-refractivity contribution in [3.63, 3.8) is 0 Å². The summed E-state index contributed by atoms with van der Waals surface area (Å²) in [6.45, 7) is 0.340. The van der Waals surface area contributed by atoms with Gasteiger partial charge in [-0.15, -0.1) is 11.3 Å². The second-order valence-electron chi connectivity index (χ2n) is 3.46. The van der Waals surface area contributed by atoms with Crippen molar-refractivity contribution in [1.29, 1.82) is 0 Å². The zero-order chi connectivity index (χ0) is 12.4. The maximum absolute atomic E-state index is 11.8. The van der Waals surface area contributed by atoms with Crippen LogP contribution in [0.3, 0.4) is 0 Å². The molecule has 2 aromatic heterocycles. The highest BCUT2D eigenvalue weighted by atomic mass is 35.5. The molecule has 0 aliphatic rings. The van der Waals surface area contributed by atoms with Crippen molar-refractivity contribution < 1.29 is 4.79 Å². The smallest absolute Gasteiger partial charge is 0.263 e. The van der Waals surface area contributed by atoms with Crippen molar-refractivity contribution in [2.45, 2.75) is 6.54 Å². The van der Waals surface area contributed by atoms with Gasteiger partial charge in [0.25, 0.3) is 5.91 Å². The van der Waals surface area contributed by atoms with Crippen molar-refractivity contribution in [3.05, 3.63) is 33.1 Å². The Bertz CT molecular complexity index is 548. The van der Waals surface area contributed by atoms with Gasteiger partial charge < -0.3 is 11.1 Å². The van der Waals surface area contributed by atoms with Crippen LogP contribution in [-0.4, -0.2) is 15.7 Å². The molecule has 0 radical (unpaired) electrons. The molecule has 0 atom stereocenters. The Morgan fingerprint density at radius 1 is 1.71 bits per heavy atom. The number of thiophene rings is 1. The monoisotopic (exact) mass is 270 g/mol. The Hall–Kier alpha value is -1.53. The lowest BCUT2D eigenvalue weighted by Gasteiger charge is -2.03. The van der Waals surface area contributed by atoms with E-state index in [4.69, 9.17) is 17.3 Å². The molecular formula is C10H11ClN4OS. The lowest BCUT2D eigenvalue weighted by molar-refractivity contribution is 0.0955. The highest BCUT2D eigenvalue weighted by Gasteiger charge is 2.12. The third-order valence-electron chi connectivity index (χ3n) is 2.33. The van der Waals surface area contributed by atoms with Crippen molar-refractivity contribution in [3.8, 4) is 0 Å². The third-order valence-corrected chi connectivity index (χ3v) is 3.67. The Morgan fingerprint density at radius 3 is 3.00 bits per heavy atom. The van der Waals surface area contributed by atoms with E-state index >= 15 is 0 Å². The number of nitrogens with one attached hydrogen (secondary N) is 1. The first-order chi connectivity index (χ1) is 8.09. The lowest BCUT2D eigenvalue weighted by atomic mass is 10.3. The van der Waals surface area contributed by atoms with E-state index in [9.17, 15) is 4.79 Å². The molecular weight excluding hydrogens is 260 g/mol. The van der Waals surface area contributed by atoms with E-state index in [0.29, 0.717) is 22.3 Å². The predicted molar refractivity (Wildman–Crippen MR) is 68.1 cm³/mol. The summed E-state index contributed by atoms with van der Waals surface area (Å²) in [7, 11) is 1.75. The topological polar surface area (TPSA) is 72.9 Å². The molecule has 7 heteroatoms. The molecule has 90 valence electrons. The summed E-state index contributed by atoms with van der Waals surface area (Å²) in [4.78, 5) is 12.3. The molecule has 0 unspecified atom stereocenters. The van der Waals surface area contributed by atoms with Gasteiger partial charge in [-0.25, -0.2) is 0 Å². The van der Waals surface area contributed by atoms with Gasteiger partial charge >= 0.3 is 0 Å². The van der Waals surface area contributed by atoms with E-state index in [0.717, 1.165) is 5.56 Å². The molecule has 0 aliphatic heterocycles. The zero-order valence-corrected chi connectivity index (χ0v) is 10.7. The second kappa shape index (κ2) is 4.77. The van der Waals surface area contributed by atoms with Gasteiger partial charge in [0.2, 0.25) is 0 Å². The summed E-state index contributed by atoms with van der Waals surface area (Å²) in [5.41, 5.74) is 6.55. The molecule has 0 saturated carbocycles. The van der Waals surface area contributed by atoms with Crippen LogP contribution in [0.25, 0.3) is 0 Å². The maximum atomic E-state index is 11.8. The minimum atomic E-state index is -0.201. The molecule has 0 fully saturated rings. The fourth-order valence-electron chi connectivity index (χ4n) is 1.34. The molecule has 1 amide bonds. The van der Waals surface area contributed by atoms with Gasteiger partial charge in [-0.2, -0.15) is 5.10 Å². The minimum absolute atomic E-state index is 0.201. The standard InChI is InChI=1S/C10H11ClN4OS/c1-15-9(12)6(5-14-15)4-13-10(16)8-7(11)2-3-17-8/h2-3,5H,4,12H2,1H3,(H,13,16). The molecule has 2 aromatic rings. The van der Waals surface area contributed by atoms with Gasteiger partial charge in [0.1, 0.15) is 10.7 Å². The number of hydrogen-bond donors (Lipinski definition) is 2. The summed E-state index contributed by atoms with van der Waals surface area (Å²) in [5.74, 6) is 0.343. The summed E-state index contributed by atoms with van der Waals surface area (Å²) in [5, 5.41) is 8.98. The van der Waals surface area contributed by atoms with E-state index < -0.39 is 0 Å². The average Bonchev–Trinajstić information content (AvgIpc) is 2.85. The van der Waals surface area contributed by atoms with Crippen LogP contribution < -0.4 is 11.1 Å². The molecule has 0 aliphatic carbocycles. The summed E-state index contributed by atoms with van der Waals surface area (Å²) in [6, 6.07) is 1.69. The number of aryl methyl sites for hydroxylation is 1. The van der Waals surface area contributed by atoms with E-state index in [1.165, 1.54) is 11.3 Å². The number of nitrogens with two attached hydrogens (primary N) is 1. The highest BCUT2D eigenvalue weighted by molar-refractivity contribution is 7.12. The second-order valence-corrected chi connectivity index (χ2v) is 4.78. The van der Waals surface area contributed by atoms with Gasteiger partial charge in [0.05, 0.1) is 11.2 Å². The first kappa shape index (κ1) is 11.9. The van der Waals surface area contributed by atoms with Crippen molar-refractivity contribution in [1.82, 2.24) is 15.1 Å². The van der Waals surface area contributed by atoms with E-state index in [-0.39, 0.29) is 5.91 Å². The number of nitrogens with zero attached hydrogens (tertiary/aromatic N) is 2. The third kappa shape index (κ3) is 2.42. The highest BCUT2D eigenvalue weighted by Crippen LogP contribution is 2.21. The fourth-order valence-corrected chi connectivity index (χ4v) is 2.40. The molecule has 2 heterocycles. The van der Waals surface area contributed by atoms with Crippen molar-refractivity contribution in [2.75, 3.05) is 5.73 Å². The summed E-state index contributed by atoms with van der Waals surface area (Å²) in [6.07, 6.45) is 1.63. The summed E-state index contributed by atoms with van der Waals surface area (Å²) < 4.78 is 1.56. The van der Waals surface area contributed by atoms with Crippen molar-refractivity contribution in [2.24, 2.45) is 7.05 Å². The Balaban J connectivity index is 2.02. The van der Waals surface area contributed by atoms with Crippen molar-refractivity contribution >= 4 is 34.7 Å².